The van der Waals surface area contributed by atoms with Crippen molar-refractivity contribution in [2.24, 2.45) is 0 Å². The van der Waals surface area contributed by atoms with E-state index in [1.807, 2.05) is 37.3 Å². The van der Waals surface area contributed by atoms with Gasteiger partial charge in [-0.2, -0.15) is 0 Å². The molecule has 1 aromatic rings. The Morgan fingerprint density at radius 3 is 2.69 bits per heavy atom. The fourth-order valence-corrected chi connectivity index (χ4v) is 1.52. The molecule has 0 aliphatic carbocycles. The zero-order valence-electron chi connectivity index (χ0n) is 7.51. The Morgan fingerprint density at radius 1 is 1.38 bits per heavy atom. The van der Waals surface area contributed by atoms with E-state index in [0.717, 1.165) is 5.56 Å². The van der Waals surface area contributed by atoms with Crippen molar-refractivity contribution in [1.29, 1.82) is 0 Å². The van der Waals surface area contributed by atoms with Crippen molar-refractivity contribution >= 4 is 14.1 Å². The van der Waals surface area contributed by atoms with Crippen LogP contribution in [0.1, 0.15) is 12.5 Å². The molecule has 0 saturated carbocycles. The van der Waals surface area contributed by atoms with E-state index < -0.39 is 8.03 Å². The summed E-state index contributed by atoms with van der Waals surface area (Å²) < 4.78 is 15.9. The quantitative estimate of drug-likeness (QED) is 0.688. The van der Waals surface area contributed by atoms with Gasteiger partial charge in [-0.05, 0) is 23.1 Å². The monoisotopic (exact) mass is 195 g/mol. The van der Waals surface area contributed by atoms with E-state index in [0.29, 0.717) is 6.61 Å². The average molecular weight is 195 g/mol. The second-order valence-electron chi connectivity index (χ2n) is 2.43. The van der Waals surface area contributed by atoms with Crippen molar-refractivity contribution in [3.8, 4) is 0 Å². The average Bonchev–Trinajstić information content (AvgIpc) is 2.17. The van der Waals surface area contributed by atoms with Crippen LogP contribution in [0.15, 0.2) is 36.1 Å². The van der Waals surface area contributed by atoms with Crippen molar-refractivity contribution in [3.63, 3.8) is 0 Å². The minimum atomic E-state index is -1.63. The molecule has 1 rings (SSSR count). The van der Waals surface area contributed by atoms with E-state index in [2.05, 4.69) is 0 Å². The molecule has 0 amide bonds. The lowest BCUT2D eigenvalue weighted by Crippen LogP contribution is -1.73. The standard InChI is InChI=1S/C10H12O2P/c1-2-12-13(11)9-8-10-6-4-3-5-7-10/h3-9H,2H2,1H3/q+1/b9-8+. The maximum Gasteiger partial charge on any atom is 0.540 e. The summed E-state index contributed by atoms with van der Waals surface area (Å²) in [4.78, 5) is 0. The summed E-state index contributed by atoms with van der Waals surface area (Å²) in [5, 5.41) is 0. The molecular formula is C10H12O2P+. The highest BCUT2D eigenvalue weighted by molar-refractivity contribution is 7.43. The van der Waals surface area contributed by atoms with Crippen molar-refractivity contribution in [2.75, 3.05) is 6.61 Å². The van der Waals surface area contributed by atoms with E-state index in [1.54, 1.807) is 11.9 Å². The van der Waals surface area contributed by atoms with Crippen LogP contribution >= 0.6 is 8.03 Å². The van der Waals surface area contributed by atoms with Gasteiger partial charge in [-0.15, -0.1) is 4.52 Å². The fourth-order valence-electron chi connectivity index (χ4n) is 0.881. The second-order valence-corrected chi connectivity index (χ2v) is 3.56. The van der Waals surface area contributed by atoms with Crippen LogP contribution in [0.2, 0.25) is 0 Å². The zero-order chi connectivity index (χ0) is 9.52. The summed E-state index contributed by atoms with van der Waals surface area (Å²) in [7, 11) is -1.63. The van der Waals surface area contributed by atoms with Gasteiger partial charge in [0, 0.05) is 0 Å². The second kappa shape index (κ2) is 5.63. The third-order valence-corrected chi connectivity index (χ3v) is 2.35. The van der Waals surface area contributed by atoms with Gasteiger partial charge in [0.15, 0.2) is 5.82 Å². The molecule has 0 aliphatic rings. The minimum Gasteiger partial charge on any atom is -0.143 e. The van der Waals surface area contributed by atoms with E-state index in [9.17, 15) is 4.57 Å². The molecule has 0 radical (unpaired) electrons. The molecule has 0 bridgehead atoms. The summed E-state index contributed by atoms with van der Waals surface area (Å²) in [6.45, 7) is 2.30. The molecule has 3 heteroatoms. The molecule has 0 aromatic heterocycles. The number of hydrogen-bond donors (Lipinski definition) is 0. The normalized spacial score (nSPS) is 11.9. The van der Waals surface area contributed by atoms with Crippen LogP contribution in [-0.2, 0) is 9.09 Å². The van der Waals surface area contributed by atoms with Crippen LogP contribution in [0.4, 0.5) is 0 Å². The predicted molar refractivity (Wildman–Crippen MR) is 54.7 cm³/mol. The molecule has 0 aliphatic heterocycles. The molecule has 1 atom stereocenters. The molecule has 0 fully saturated rings. The summed E-state index contributed by atoms with van der Waals surface area (Å²) in [5.41, 5.74) is 1.03. The molecule has 1 unspecified atom stereocenters. The fraction of sp³-hybridized carbons (Fsp3) is 0.200. The Labute approximate surface area is 79.1 Å². The van der Waals surface area contributed by atoms with Gasteiger partial charge in [0.05, 0.1) is 0 Å². The summed E-state index contributed by atoms with van der Waals surface area (Å²) in [5.74, 6) is 1.58. The predicted octanol–water partition coefficient (Wildman–Crippen LogP) is 3.44. The maximum atomic E-state index is 11.1. The van der Waals surface area contributed by atoms with Crippen LogP contribution in [0.3, 0.4) is 0 Å². The number of rotatable bonds is 4. The number of hydrogen-bond acceptors (Lipinski definition) is 2. The van der Waals surface area contributed by atoms with Gasteiger partial charge in [-0.1, -0.05) is 30.3 Å². The van der Waals surface area contributed by atoms with Crippen LogP contribution in [0.5, 0.6) is 0 Å². The van der Waals surface area contributed by atoms with Gasteiger partial charge in [-0.25, -0.2) is 0 Å². The maximum absolute atomic E-state index is 11.1. The lowest BCUT2D eigenvalue weighted by molar-refractivity contribution is 0.356. The van der Waals surface area contributed by atoms with Gasteiger partial charge < -0.3 is 0 Å². The van der Waals surface area contributed by atoms with E-state index in [4.69, 9.17) is 4.52 Å². The molecule has 68 valence electrons. The molecule has 0 saturated heterocycles. The highest BCUT2D eigenvalue weighted by Crippen LogP contribution is 2.24. The molecular weight excluding hydrogens is 183 g/mol. The third-order valence-electron chi connectivity index (χ3n) is 1.44. The SMILES string of the molecule is CCO[P+](=O)/C=C/c1ccccc1. The zero-order valence-corrected chi connectivity index (χ0v) is 8.41. The lowest BCUT2D eigenvalue weighted by Gasteiger charge is -1.86. The highest BCUT2D eigenvalue weighted by Gasteiger charge is 2.08. The first-order valence-electron chi connectivity index (χ1n) is 4.15. The smallest absolute Gasteiger partial charge is 0.143 e. The summed E-state index contributed by atoms with van der Waals surface area (Å²) in [6, 6.07) is 9.72. The largest absolute Gasteiger partial charge is 0.540 e. The number of benzene rings is 1. The van der Waals surface area contributed by atoms with E-state index in [1.165, 1.54) is 0 Å². The van der Waals surface area contributed by atoms with Crippen molar-refractivity contribution in [3.05, 3.63) is 41.7 Å². The van der Waals surface area contributed by atoms with Crippen molar-refractivity contribution in [2.45, 2.75) is 6.92 Å². The molecule has 13 heavy (non-hydrogen) atoms. The van der Waals surface area contributed by atoms with Crippen LogP contribution in [0.25, 0.3) is 6.08 Å². The summed E-state index contributed by atoms with van der Waals surface area (Å²) in [6.07, 6.45) is 1.80. The molecule has 0 N–H and O–H groups in total. The Morgan fingerprint density at radius 2 is 2.08 bits per heavy atom. The molecule has 0 heterocycles. The Balaban J connectivity index is 2.54. The topological polar surface area (TPSA) is 26.3 Å². The molecule has 2 nitrogen and oxygen atoms in total. The van der Waals surface area contributed by atoms with E-state index >= 15 is 0 Å². The minimum absolute atomic E-state index is 0.480. The Hall–Kier alpha value is -0.980. The van der Waals surface area contributed by atoms with Gasteiger partial charge in [0.2, 0.25) is 0 Å². The third kappa shape index (κ3) is 3.97. The highest BCUT2D eigenvalue weighted by atomic mass is 31.1. The van der Waals surface area contributed by atoms with Crippen molar-refractivity contribution in [1.82, 2.24) is 0 Å². The Bertz CT molecular complexity index is 293. The van der Waals surface area contributed by atoms with Crippen LogP contribution in [-0.4, -0.2) is 6.61 Å². The van der Waals surface area contributed by atoms with Gasteiger partial charge in [0.1, 0.15) is 6.61 Å². The first-order valence-corrected chi connectivity index (χ1v) is 5.40. The van der Waals surface area contributed by atoms with Gasteiger partial charge in [-0.3, -0.25) is 0 Å². The Kier molecular flexibility index (Phi) is 4.37. The van der Waals surface area contributed by atoms with Gasteiger partial charge >= 0.3 is 8.03 Å². The van der Waals surface area contributed by atoms with Crippen molar-refractivity contribution < 1.29 is 9.09 Å². The van der Waals surface area contributed by atoms with Crippen LogP contribution in [0, 0.1) is 0 Å². The van der Waals surface area contributed by atoms with E-state index in [-0.39, 0.29) is 0 Å². The lowest BCUT2D eigenvalue weighted by atomic mass is 10.2. The van der Waals surface area contributed by atoms with Crippen LogP contribution < -0.4 is 0 Å². The first kappa shape index (κ1) is 10.1. The summed E-state index contributed by atoms with van der Waals surface area (Å²) >= 11 is 0. The molecule has 0 spiro atoms. The first-order chi connectivity index (χ1) is 6.33. The molecule has 1 aromatic carbocycles. The van der Waals surface area contributed by atoms with Gasteiger partial charge in [0.25, 0.3) is 0 Å².